The molecule has 3 rings (SSSR count). The van der Waals surface area contributed by atoms with E-state index in [2.05, 4.69) is 22.4 Å². The zero-order chi connectivity index (χ0) is 13.8. The number of carbonyl (C=O) groups is 1. The van der Waals surface area contributed by atoms with E-state index in [9.17, 15) is 4.79 Å². The van der Waals surface area contributed by atoms with Crippen molar-refractivity contribution in [2.45, 2.75) is 6.42 Å². The highest BCUT2D eigenvalue weighted by atomic mass is 16.6. The molecule has 2 aliphatic heterocycles. The van der Waals surface area contributed by atoms with Gasteiger partial charge in [0.15, 0.2) is 11.5 Å². The molecule has 0 saturated heterocycles. The maximum atomic E-state index is 12.0. The van der Waals surface area contributed by atoms with Gasteiger partial charge in [-0.2, -0.15) is 0 Å². The predicted octanol–water partition coefficient (Wildman–Crippen LogP) is 1.66. The number of hydrogen-bond acceptors (Lipinski definition) is 4. The van der Waals surface area contributed by atoms with E-state index in [1.165, 1.54) is 0 Å². The van der Waals surface area contributed by atoms with E-state index in [4.69, 9.17) is 9.47 Å². The topological polar surface area (TPSA) is 50.8 Å². The molecule has 0 fully saturated rings. The van der Waals surface area contributed by atoms with Crippen LogP contribution in [0.5, 0.6) is 11.5 Å². The van der Waals surface area contributed by atoms with Gasteiger partial charge in [-0.05, 0) is 18.6 Å². The standard InChI is InChI=1S/C15H18N2O3/c18-15(11-17-6-2-1-3-7-17)16-12-4-5-13-14(10-12)20-9-8-19-13/h1-2,4-5,10H,3,6-9,11H2,(H,16,18). The van der Waals surface area contributed by atoms with E-state index in [0.29, 0.717) is 25.5 Å². The molecule has 1 aromatic carbocycles. The molecule has 2 heterocycles. The third kappa shape index (κ3) is 3.11. The molecule has 5 nitrogen and oxygen atoms in total. The predicted molar refractivity (Wildman–Crippen MR) is 76.3 cm³/mol. The van der Waals surface area contributed by atoms with Crippen LogP contribution in [0.4, 0.5) is 5.69 Å². The number of nitrogens with zero attached hydrogens (tertiary/aromatic N) is 1. The van der Waals surface area contributed by atoms with Gasteiger partial charge >= 0.3 is 0 Å². The molecule has 0 spiro atoms. The van der Waals surface area contributed by atoms with Crippen molar-refractivity contribution < 1.29 is 14.3 Å². The van der Waals surface area contributed by atoms with E-state index in [1.807, 2.05) is 18.2 Å². The number of anilines is 1. The van der Waals surface area contributed by atoms with Crippen molar-refractivity contribution in [1.29, 1.82) is 0 Å². The zero-order valence-electron chi connectivity index (χ0n) is 11.3. The molecule has 0 radical (unpaired) electrons. The summed E-state index contributed by atoms with van der Waals surface area (Å²) in [6.07, 6.45) is 5.26. The Hall–Kier alpha value is -2.01. The molecular weight excluding hydrogens is 256 g/mol. The lowest BCUT2D eigenvalue weighted by atomic mass is 10.2. The average molecular weight is 274 g/mol. The third-order valence-electron chi connectivity index (χ3n) is 3.34. The van der Waals surface area contributed by atoms with Crippen LogP contribution in [0.15, 0.2) is 30.4 Å². The normalized spacial score (nSPS) is 17.8. The van der Waals surface area contributed by atoms with Crippen molar-refractivity contribution in [3.63, 3.8) is 0 Å². The van der Waals surface area contributed by atoms with Gasteiger partial charge in [0.25, 0.3) is 0 Å². The summed E-state index contributed by atoms with van der Waals surface area (Å²) in [5.41, 5.74) is 0.742. The zero-order valence-corrected chi connectivity index (χ0v) is 11.3. The van der Waals surface area contributed by atoms with Crippen LogP contribution in [-0.4, -0.2) is 43.7 Å². The first-order valence-electron chi connectivity index (χ1n) is 6.88. The van der Waals surface area contributed by atoms with Gasteiger partial charge in [0.05, 0.1) is 6.54 Å². The molecule has 0 unspecified atom stereocenters. The summed E-state index contributed by atoms with van der Waals surface area (Å²) in [6, 6.07) is 5.47. The lowest BCUT2D eigenvalue weighted by molar-refractivity contribution is -0.117. The number of ether oxygens (including phenoxy) is 2. The Morgan fingerprint density at radius 2 is 2.05 bits per heavy atom. The Bertz CT molecular complexity index is 528. The number of nitrogens with one attached hydrogen (secondary N) is 1. The van der Waals surface area contributed by atoms with Crippen LogP contribution in [0.3, 0.4) is 0 Å². The average Bonchev–Trinajstić information content (AvgIpc) is 2.48. The molecule has 0 saturated carbocycles. The summed E-state index contributed by atoms with van der Waals surface area (Å²) in [6.45, 7) is 3.31. The number of hydrogen-bond donors (Lipinski definition) is 1. The summed E-state index contributed by atoms with van der Waals surface area (Å²) in [5, 5.41) is 2.90. The number of rotatable bonds is 3. The summed E-state index contributed by atoms with van der Waals surface area (Å²) >= 11 is 0. The molecule has 1 N–H and O–H groups in total. The van der Waals surface area contributed by atoms with Crippen molar-refractivity contribution in [2.75, 3.05) is 38.2 Å². The minimum Gasteiger partial charge on any atom is -0.486 e. The van der Waals surface area contributed by atoms with Crippen LogP contribution in [0.2, 0.25) is 0 Å². The maximum Gasteiger partial charge on any atom is 0.238 e. The van der Waals surface area contributed by atoms with Crippen molar-refractivity contribution in [1.82, 2.24) is 4.90 Å². The second kappa shape index (κ2) is 5.96. The molecule has 1 aromatic rings. The van der Waals surface area contributed by atoms with Crippen molar-refractivity contribution >= 4 is 11.6 Å². The number of carbonyl (C=O) groups excluding carboxylic acids is 1. The quantitative estimate of drug-likeness (QED) is 0.852. The fourth-order valence-electron chi connectivity index (χ4n) is 2.36. The number of amides is 1. The highest BCUT2D eigenvalue weighted by Gasteiger charge is 2.14. The van der Waals surface area contributed by atoms with Gasteiger partial charge in [-0.3, -0.25) is 9.69 Å². The molecule has 20 heavy (non-hydrogen) atoms. The SMILES string of the molecule is O=C(CN1CC=CCC1)Nc1ccc2c(c1)OCCO2. The second-order valence-electron chi connectivity index (χ2n) is 4.90. The summed E-state index contributed by atoms with van der Waals surface area (Å²) in [7, 11) is 0. The van der Waals surface area contributed by atoms with E-state index in [0.717, 1.165) is 30.9 Å². The van der Waals surface area contributed by atoms with E-state index < -0.39 is 0 Å². The van der Waals surface area contributed by atoms with Gasteiger partial charge in [0.1, 0.15) is 13.2 Å². The highest BCUT2D eigenvalue weighted by Crippen LogP contribution is 2.32. The van der Waals surface area contributed by atoms with Crippen molar-refractivity contribution in [2.24, 2.45) is 0 Å². The molecule has 0 aliphatic carbocycles. The van der Waals surface area contributed by atoms with Crippen LogP contribution in [-0.2, 0) is 4.79 Å². The molecule has 0 aromatic heterocycles. The maximum absolute atomic E-state index is 12.0. The van der Waals surface area contributed by atoms with Gasteiger partial charge < -0.3 is 14.8 Å². The Morgan fingerprint density at radius 1 is 1.20 bits per heavy atom. The molecule has 5 heteroatoms. The van der Waals surface area contributed by atoms with E-state index >= 15 is 0 Å². The fourth-order valence-corrected chi connectivity index (χ4v) is 2.36. The first-order valence-corrected chi connectivity index (χ1v) is 6.88. The smallest absolute Gasteiger partial charge is 0.238 e. The Kier molecular flexibility index (Phi) is 3.87. The third-order valence-corrected chi connectivity index (χ3v) is 3.34. The number of fused-ring (bicyclic) bond motifs is 1. The lowest BCUT2D eigenvalue weighted by Crippen LogP contribution is -2.35. The molecule has 106 valence electrons. The Balaban J connectivity index is 1.59. The first kappa shape index (κ1) is 13.0. The van der Waals surface area contributed by atoms with Crippen LogP contribution in [0.1, 0.15) is 6.42 Å². The summed E-state index contributed by atoms with van der Waals surface area (Å²) in [5.74, 6) is 1.42. The van der Waals surface area contributed by atoms with Gasteiger partial charge in [-0.15, -0.1) is 0 Å². The van der Waals surface area contributed by atoms with Gasteiger partial charge in [-0.1, -0.05) is 12.2 Å². The van der Waals surface area contributed by atoms with Crippen LogP contribution in [0.25, 0.3) is 0 Å². The van der Waals surface area contributed by atoms with Crippen molar-refractivity contribution in [3.8, 4) is 11.5 Å². The Morgan fingerprint density at radius 3 is 2.85 bits per heavy atom. The summed E-state index contributed by atoms with van der Waals surface area (Å²) < 4.78 is 11.0. The fraction of sp³-hybridized carbons (Fsp3) is 0.400. The van der Waals surface area contributed by atoms with Gasteiger partial charge in [-0.25, -0.2) is 0 Å². The lowest BCUT2D eigenvalue weighted by Gasteiger charge is -2.22. The minimum atomic E-state index is -0.00280. The monoisotopic (exact) mass is 274 g/mol. The molecule has 1 amide bonds. The van der Waals surface area contributed by atoms with Crippen molar-refractivity contribution in [3.05, 3.63) is 30.4 Å². The largest absolute Gasteiger partial charge is 0.486 e. The highest BCUT2D eigenvalue weighted by molar-refractivity contribution is 5.92. The van der Waals surface area contributed by atoms with Crippen LogP contribution < -0.4 is 14.8 Å². The first-order chi connectivity index (χ1) is 9.81. The summed E-state index contributed by atoms with van der Waals surface area (Å²) in [4.78, 5) is 14.1. The number of benzene rings is 1. The molecule has 0 atom stereocenters. The van der Waals surface area contributed by atoms with Crippen LogP contribution >= 0.6 is 0 Å². The second-order valence-corrected chi connectivity index (χ2v) is 4.90. The molecule has 2 aliphatic rings. The molecule has 0 bridgehead atoms. The molecular formula is C15H18N2O3. The van der Waals surface area contributed by atoms with E-state index in [-0.39, 0.29) is 5.91 Å². The van der Waals surface area contributed by atoms with Crippen LogP contribution in [0, 0.1) is 0 Å². The van der Waals surface area contributed by atoms with E-state index in [1.54, 1.807) is 0 Å². The Labute approximate surface area is 118 Å². The van der Waals surface area contributed by atoms with Gasteiger partial charge in [0.2, 0.25) is 5.91 Å². The minimum absolute atomic E-state index is 0.00280. The van der Waals surface area contributed by atoms with Gasteiger partial charge in [0, 0.05) is 24.8 Å².